The summed E-state index contributed by atoms with van der Waals surface area (Å²) in [5.41, 5.74) is 5.30. The molecule has 0 heterocycles. The van der Waals surface area contributed by atoms with Crippen molar-refractivity contribution in [2.75, 3.05) is 0 Å². The van der Waals surface area contributed by atoms with Crippen molar-refractivity contribution in [3.8, 4) is 0 Å². The highest BCUT2D eigenvalue weighted by molar-refractivity contribution is 5.07. The van der Waals surface area contributed by atoms with E-state index in [-0.39, 0.29) is 6.04 Å². The molecule has 0 spiro atoms. The third kappa shape index (κ3) is 1.07. The van der Waals surface area contributed by atoms with Crippen molar-refractivity contribution in [1.29, 1.82) is 0 Å². The van der Waals surface area contributed by atoms with E-state index in [1.807, 2.05) is 0 Å². The van der Waals surface area contributed by atoms with Crippen molar-refractivity contribution in [1.82, 2.24) is 0 Å². The predicted octanol–water partition coefficient (Wildman–Crippen LogP) is 0.816. The Bertz CT molecular complexity index is 101. The molecular weight excluding hydrogens is 105 g/mol. The SMILES string of the molecule is N[C@H]1[CH]CC=C[C@@H]1F. The average Bonchev–Trinajstić information content (AvgIpc) is 1.77. The summed E-state index contributed by atoms with van der Waals surface area (Å²) in [6.45, 7) is 0. The van der Waals surface area contributed by atoms with Gasteiger partial charge in [-0.1, -0.05) is 12.2 Å². The zero-order chi connectivity index (χ0) is 5.98. The van der Waals surface area contributed by atoms with Crippen molar-refractivity contribution in [2.24, 2.45) is 5.73 Å². The van der Waals surface area contributed by atoms with Crippen LogP contribution in [0.25, 0.3) is 0 Å². The predicted molar refractivity (Wildman–Crippen MR) is 30.9 cm³/mol. The summed E-state index contributed by atoms with van der Waals surface area (Å²) in [7, 11) is 0. The molecule has 1 radical (unpaired) electrons. The molecule has 8 heavy (non-hydrogen) atoms. The van der Waals surface area contributed by atoms with Gasteiger partial charge in [0, 0.05) is 6.04 Å². The number of allylic oxidation sites excluding steroid dienone is 1. The van der Waals surface area contributed by atoms with Crippen molar-refractivity contribution in [3.63, 3.8) is 0 Å². The molecule has 45 valence electrons. The zero-order valence-electron chi connectivity index (χ0n) is 4.55. The van der Waals surface area contributed by atoms with Crippen LogP contribution in [0.4, 0.5) is 4.39 Å². The smallest absolute Gasteiger partial charge is 0.134 e. The molecule has 2 N–H and O–H groups in total. The van der Waals surface area contributed by atoms with Crippen LogP contribution >= 0.6 is 0 Å². The van der Waals surface area contributed by atoms with Crippen molar-refractivity contribution >= 4 is 0 Å². The summed E-state index contributed by atoms with van der Waals surface area (Å²) in [6, 6.07) is -0.375. The van der Waals surface area contributed by atoms with E-state index in [9.17, 15) is 4.39 Å². The number of nitrogens with two attached hydrogens (primary N) is 1. The maximum atomic E-state index is 12.3. The van der Waals surface area contributed by atoms with Gasteiger partial charge in [0.1, 0.15) is 6.17 Å². The van der Waals surface area contributed by atoms with Crippen LogP contribution in [-0.2, 0) is 0 Å². The molecule has 0 aromatic heterocycles. The van der Waals surface area contributed by atoms with Gasteiger partial charge in [-0.05, 0) is 12.8 Å². The molecule has 0 amide bonds. The molecule has 1 aliphatic carbocycles. The highest BCUT2D eigenvalue weighted by Gasteiger charge is 2.15. The van der Waals surface area contributed by atoms with Gasteiger partial charge in [-0.2, -0.15) is 0 Å². The van der Waals surface area contributed by atoms with Gasteiger partial charge in [-0.25, -0.2) is 4.39 Å². The van der Waals surface area contributed by atoms with Crippen molar-refractivity contribution in [3.05, 3.63) is 18.6 Å². The van der Waals surface area contributed by atoms with E-state index < -0.39 is 6.17 Å². The number of rotatable bonds is 0. The molecule has 0 bridgehead atoms. The second-order valence-corrected chi connectivity index (χ2v) is 1.92. The molecule has 2 atom stereocenters. The van der Waals surface area contributed by atoms with Gasteiger partial charge in [0.2, 0.25) is 0 Å². The molecule has 0 aromatic rings. The van der Waals surface area contributed by atoms with Crippen LogP contribution in [0.5, 0.6) is 0 Å². The Labute approximate surface area is 48.4 Å². The molecular formula is C6H9FN. The van der Waals surface area contributed by atoms with Crippen LogP contribution in [0, 0.1) is 6.42 Å². The van der Waals surface area contributed by atoms with Gasteiger partial charge in [-0.3, -0.25) is 0 Å². The molecule has 2 heteroatoms. The Kier molecular flexibility index (Phi) is 1.63. The summed E-state index contributed by atoms with van der Waals surface area (Å²) < 4.78 is 12.3. The first-order chi connectivity index (χ1) is 3.80. The molecule has 0 aliphatic heterocycles. The Morgan fingerprint density at radius 1 is 1.62 bits per heavy atom. The number of hydrogen-bond acceptors (Lipinski definition) is 1. The van der Waals surface area contributed by atoms with Crippen LogP contribution in [0.2, 0.25) is 0 Å². The van der Waals surface area contributed by atoms with E-state index in [1.54, 1.807) is 12.5 Å². The topological polar surface area (TPSA) is 26.0 Å². The van der Waals surface area contributed by atoms with E-state index in [2.05, 4.69) is 0 Å². The summed E-state index contributed by atoms with van der Waals surface area (Å²) in [5.74, 6) is 0. The van der Waals surface area contributed by atoms with E-state index in [1.165, 1.54) is 6.08 Å². The number of hydrogen-bond donors (Lipinski definition) is 1. The quantitative estimate of drug-likeness (QED) is 0.463. The zero-order valence-corrected chi connectivity index (χ0v) is 4.55. The van der Waals surface area contributed by atoms with E-state index in [0.29, 0.717) is 0 Å². The Hall–Kier alpha value is -0.370. The highest BCUT2D eigenvalue weighted by Crippen LogP contribution is 2.10. The summed E-state index contributed by atoms with van der Waals surface area (Å²) in [6.07, 6.45) is 4.91. The minimum Gasteiger partial charge on any atom is -0.325 e. The van der Waals surface area contributed by atoms with Crippen molar-refractivity contribution in [2.45, 2.75) is 18.6 Å². The molecule has 0 unspecified atom stereocenters. The maximum absolute atomic E-state index is 12.3. The summed E-state index contributed by atoms with van der Waals surface area (Å²) in [5, 5.41) is 0. The first kappa shape index (κ1) is 5.76. The molecule has 1 rings (SSSR count). The van der Waals surface area contributed by atoms with Crippen LogP contribution in [0.15, 0.2) is 12.2 Å². The number of halogens is 1. The molecule has 0 saturated carbocycles. The van der Waals surface area contributed by atoms with Crippen LogP contribution in [-0.4, -0.2) is 12.2 Å². The third-order valence-electron chi connectivity index (χ3n) is 1.23. The van der Waals surface area contributed by atoms with Gasteiger partial charge in [0.15, 0.2) is 0 Å². The first-order valence-corrected chi connectivity index (χ1v) is 2.70. The normalized spacial score (nSPS) is 37.8. The Morgan fingerprint density at radius 3 is 2.75 bits per heavy atom. The Morgan fingerprint density at radius 2 is 2.38 bits per heavy atom. The van der Waals surface area contributed by atoms with Gasteiger partial charge in [0.05, 0.1) is 0 Å². The van der Waals surface area contributed by atoms with Crippen LogP contribution in [0.1, 0.15) is 6.42 Å². The number of alkyl halides is 1. The molecule has 1 nitrogen and oxygen atoms in total. The second-order valence-electron chi connectivity index (χ2n) is 1.92. The van der Waals surface area contributed by atoms with Crippen LogP contribution < -0.4 is 5.73 Å². The van der Waals surface area contributed by atoms with E-state index in [4.69, 9.17) is 5.73 Å². The lowest BCUT2D eigenvalue weighted by atomic mass is 10.0. The third-order valence-corrected chi connectivity index (χ3v) is 1.23. The fourth-order valence-electron chi connectivity index (χ4n) is 0.703. The monoisotopic (exact) mass is 114 g/mol. The lowest BCUT2D eigenvalue weighted by Crippen LogP contribution is -2.32. The van der Waals surface area contributed by atoms with Crippen LogP contribution in [0.3, 0.4) is 0 Å². The van der Waals surface area contributed by atoms with Gasteiger partial charge < -0.3 is 5.73 Å². The fourth-order valence-corrected chi connectivity index (χ4v) is 0.703. The molecule has 0 aromatic carbocycles. The van der Waals surface area contributed by atoms with E-state index >= 15 is 0 Å². The average molecular weight is 114 g/mol. The maximum Gasteiger partial charge on any atom is 0.134 e. The summed E-state index contributed by atoms with van der Waals surface area (Å²) in [4.78, 5) is 0. The molecule has 0 saturated heterocycles. The fraction of sp³-hybridized carbons (Fsp3) is 0.500. The summed E-state index contributed by atoms with van der Waals surface area (Å²) >= 11 is 0. The molecule has 0 fully saturated rings. The lowest BCUT2D eigenvalue weighted by molar-refractivity contribution is 0.351. The van der Waals surface area contributed by atoms with E-state index in [0.717, 1.165) is 6.42 Å². The Balaban J connectivity index is 2.47. The van der Waals surface area contributed by atoms with Gasteiger partial charge >= 0.3 is 0 Å². The minimum atomic E-state index is -0.955. The second kappa shape index (κ2) is 2.27. The van der Waals surface area contributed by atoms with Crippen molar-refractivity contribution < 1.29 is 4.39 Å². The highest BCUT2D eigenvalue weighted by atomic mass is 19.1. The first-order valence-electron chi connectivity index (χ1n) is 2.70. The minimum absolute atomic E-state index is 0.375. The largest absolute Gasteiger partial charge is 0.325 e. The lowest BCUT2D eigenvalue weighted by Gasteiger charge is -2.15. The molecule has 1 aliphatic rings. The van der Waals surface area contributed by atoms with Gasteiger partial charge in [0.25, 0.3) is 0 Å². The standard InChI is InChI=1S/C6H9FN/c7-5-3-1-2-4-6(5)8/h1,3-6H,2,8H2/t5-,6-/m0/s1. The van der Waals surface area contributed by atoms with Gasteiger partial charge in [-0.15, -0.1) is 0 Å².